The molecule has 1 heterocycles. The number of benzene rings is 1. The highest BCUT2D eigenvalue weighted by Gasteiger charge is 2.22. The standard InChI is InChI=1S/C13H16FNO3/c1-17-12-8-10(14)2-3-11(12)15-13(16)9-4-6-18-7-5-9/h2-3,8-9H,4-7H2,1H3,(H,15,16). The van der Waals surface area contributed by atoms with Crippen LogP contribution in [0.5, 0.6) is 5.75 Å². The van der Waals surface area contributed by atoms with E-state index >= 15 is 0 Å². The second kappa shape index (κ2) is 5.82. The molecule has 5 heteroatoms. The van der Waals surface area contributed by atoms with E-state index in [1.54, 1.807) is 0 Å². The van der Waals surface area contributed by atoms with Crippen LogP contribution < -0.4 is 10.1 Å². The van der Waals surface area contributed by atoms with Gasteiger partial charge in [-0.2, -0.15) is 0 Å². The number of rotatable bonds is 3. The molecule has 98 valence electrons. The summed E-state index contributed by atoms with van der Waals surface area (Å²) in [4.78, 5) is 12.0. The van der Waals surface area contributed by atoms with Gasteiger partial charge in [0.2, 0.25) is 5.91 Å². The van der Waals surface area contributed by atoms with Gasteiger partial charge in [0.1, 0.15) is 11.6 Å². The summed E-state index contributed by atoms with van der Waals surface area (Å²) in [6, 6.07) is 4.05. The van der Waals surface area contributed by atoms with E-state index in [9.17, 15) is 9.18 Å². The van der Waals surface area contributed by atoms with Gasteiger partial charge in [0.05, 0.1) is 12.8 Å². The van der Waals surface area contributed by atoms with Crippen molar-refractivity contribution in [2.24, 2.45) is 5.92 Å². The minimum atomic E-state index is -0.393. The molecule has 1 aliphatic heterocycles. The maximum atomic E-state index is 13.0. The average Bonchev–Trinajstić information content (AvgIpc) is 2.41. The smallest absolute Gasteiger partial charge is 0.227 e. The van der Waals surface area contributed by atoms with Gasteiger partial charge in [-0.1, -0.05) is 0 Å². The first kappa shape index (κ1) is 12.8. The highest BCUT2D eigenvalue weighted by atomic mass is 19.1. The summed E-state index contributed by atoms with van der Waals surface area (Å²) in [6.07, 6.45) is 1.44. The van der Waals surface area contributed by atoms with Gasteiger partial charge in [-0.15, -0.1) is 0 Å². The van der Waals surface area contributed by atoms with Crippen molar-refractivity contribution in [1.29, 1.82) is 0 Å². The van der Waals surface area contributed by atoms with Crippen LogP contribution >= 0.6 is 0 Å². The monoisotopic (exact) mass is 253 g/mol. The number of nitrogens with one attached hydrogen (secondary N) is 1. The van der Waals surface area contributed by atoms with E-state index < -0.39 is 5.82 Å². The zero-order valence-electron chi connectivity index (χ0n) is 10.2. The molecule has 0 spiro atoms. The van der Waals surface area contributed by atoms with Gasteiger partial charge in [0.15, 0.2) is 0 Å². The molecule has 1 aromatic carbocycles. The molecule has 1 aromatic rings. The van der Waals surface area contributed by atoms with Gasteiger partial charge >= 0.3 is 0 Å². The lowest BCUT2D eigenvalue weighted by molar-refractivity contribution is -0.122. The summed E-state index contributed by atoms with van der Waals surface area (Å²) in [5.74, 6) is -0.178. The largest absolute Gasteiger partial charge is 0.494 e. The highest BCUT2D eigenvalue weighted by Crippen LogP contribution is 2.26. The van der Waals surface area contributed by atoms with Crippen LogP contribution in [0.2, 0.25) is 0 Å². The minimum absolute atomic E-state index is 0.0477. The summed E-state index contributed by atoms with van der Waals surface area (Å²) in [7, 11) is 1.44. The van der Waals surface area contributed by atoms with Crippen LogP contribution in [0, 0.1) is 11.7 Å². The molecule has 0 aliphatic carbocycles. The van der Waals surface area contributed by atoms with Crippen LogP contribution in [0.3, 0.4) is 0 Å². The third kappa shape index (κ3) is 2.98. The normalized spacial score (nSPS) is 16.3. The second-order valence-corrected chi connectivity index (χ2v) is 4.22. The molecular formula is C13H16FNO3. The van der Waals surface area contributed by atoms with Crippen LogP contribution in [-0.2, 0) is 9.53 Å². The number of methoxy groups -OCH3 is 1. The Bertz CT molecular complexity index is 430. The second-order valence-electron chi connectivity index (χ2n) is 4.22. The van der Waals surface area contributed by atoms with Crippen LogP contribution in [0.15, 0.2) is 18.2 Å². The molecule has 1 N–H and O–H groups in total. The maximum absolute atomic E-state index is 13.0. The maximum Gasteiger partial charge on any atom is 0.227 e. The van der Waals surface area contributed by atoms with Crippen molar-refractivity contribution >= 4 is 11.6 Å². The van der Waals surface area contributed by atoms with Crippen molar-refractivity contribution in [2.45, 2.75) is 12.8 Å². The molecule has 0 saturated carbocycles. The van der Waals surface area contributed by atoms with E-state index in [0.717, 1.165) is 12.8 Å². The average molecular weight is 253 g/mol. The SMILES string of the molecule is COc1cc(F)ccc1NC(=O)C1CCOCC1. The summed E-state index contributed by atoms with van der Waals surface area (Å²) in [5.41, 5.74) is 0.496. The fourth-order valence-electron chi connectivity index (χ4n) is 1.96. The molecule has 0 unspecified atom stereocenters. The van der Waals surface area contributed by atoms with Gasteiger partial charge in [0.25, 0.3) is 0 Å². The Balaban J connectivity index is 2.06. The van der Waals surface area contributed by atoms with E-state index in [4.69, 9.17) is 9.47 Å². The summed E-state index contributed by atoms with van der Waals surface area (Å²) in [6.45, 7) is 1.22. The summed E-state index contributed by atoms with van der Waals surface area (Å²) < 4.78 is 23.3. The number of anilines is 1. The fourth-order valence-corrected chi connectivity index (χ4v) is 1.96. The van der Waals surface area contributed by atoms with Crippen LogP contribution in [-0.4, -0.2) is 26.2 Å². The third-order valence-electron chi connectivity index (χ3n) is 3.01. The van der Waals surface area contributed by atoms with E-state index in [0.29, 0.717) is 24.7 Å². The molecule has 18 heavy (non-hydrogen) atoms. The molecule has 0 bridgehead atoms. The highest BCUT2D eigenvalue weighted by molar-refractivity contribution is 5.94. The van der Waals surface area contributed by atoms with Gasteiger partial charge < -0.3 is 14.8 Å². The molecule has 1 amide bonds. The molecule has 0 aromatic heterocycles. The van der Waals surface area contributed by atoms with E-state index in [1.807, 2.05) is 0 Å². The minimum Gasteiger partial charge on any atom is -0.494 e. The Morgan fingerprint density at radius 3 is 2.83 bits per heavy atom. The lowest BCUT2D eigenvalue weighted by atomic mass is 9.99. The Morgan fingerprint density at radius 2 is 2.17 bits per heavy atom. The third-order valence-corrected chi connectivity index (χ3v) is 3.01. The fraction of sp³-hybridized carbons (Fsp3) is 0.462. The molecular weight excluding hydrogens is 237 g/mol. The van der Waals surface area contributed by atoms with Crippen molar-refractivity contribution in [3.05, 3.63) is 24.0 Å². The number of hydrogen-bond acceptors (Lipinski definition) is 3. The molecule has 0 atom stereocenters. The van der Waals surface area contributed by atoms with E-state index in [-0.39, 0.29) is 11.8 Å². The molecule has 2 rings (SSSR count). The number of carbonyl (C=O) groups excluding carboxylic acids is 1. The molecule has 1 fully saturated rings. The first-order valence-electron chi connectivity index (χ1n) is 5.93. The van der Waals surface area contributed by atoms with E-state index in [1.165, 1.54) is 25.3 Å². The quantitative estimate of drug-likeness (QED) is 0.898. The van der Waals surface area contributed by atoms with Crippen LogP contribution in [0.4, 0.5) is 10.1 Å². The van der Waals surface area contributed by atoms with Crippen molar-refractivity contribution < 1.29 is 18.7 Å². The van der Waals surface area contributed by atoms with Crippen molar-refractivity contribution in [1.82, 2.24) is 0 Å². The van der Waals surface area contributed by atoms with Crippen molar-refractivity contribution in [3.63, 3.8) is 0 Å². The topological polar surface area (TPSA) is 47.6 Å². The Kier molecular flexibility index (Phi) is 4.15. The van der Waals surface area contributed by atoms with Gasteiger partial charge in [-0.25, -0.2) is 4.39 Å². The first-order chi connectivity index (χ1) is 8.70. The lowest BCUT2D eigenvalue weighted by Gasteiger charge is -2.21. The van der Waals surface area contributed by atoms with Gasteiger partial charge in [0, 0.05) is 25.2 Å². The number of hydrogen-bond donors (Lipinski definition) is 1. The van der Waals surface area contributed by atoms with Crippen LogP contribution in [0.25, 0.3) is 0 Å². The Labute approximate surface area is 105 Å². The number of carbonyl (C=O) groups is 1. The molecule has 1 saturated heterocycles. The Hall–Kier alpha value is -1.62. The summed E-state index contributed by atoms with van der Waals surface area (Å²) >= 11 is 0. The van der Waals surface area contributed by atoms with Crippen LogP contribution in [0.1, 0.15) is 12.8 Å². The van der Waals surface area contributed by atoms with Crippen molar-refractivity contribution in [3.8, 4) is 5.75 Å². The zero-order valence-corrected chi connectivity index (χ0v) is 10.2. The lowest BCUT2D eigenvalue weighted by Crippen LogP contribution is -2.28. The summed E-state index contributed by atoms with van der Waals surface area (Å²) in [5, 5.41) is 2.77. The predicted molar refractivity (Wildman–Crippen MR) is 65.1 cm³/mol. The zero-order chi connectivity index (χ0) is 13.0. The molecule has 4 nitrogen and oxygen atoms in total. The van der Waals surface area contributed by atoms with Gasteiger partial charge in [-0.05, 0) is 25.0 Å². The van der Waals surface area contributed by atoms with E-state index in [2.05, 4.69) is 5.32 Å². The van der Waals surface area contributed by atoms with Crippen molar-refractivity contribution in [2.75, 3.05) is 25.6 Å². The van der Waals surface area contributed by atoms with Gasteiger partial charge in [-0.3, -0.25) is 4.79 Å². The Morgan fingerprint density at radius 1 is 1.44 bits per heavy atom. The number of ether oxygens (including phenoxy) is 2. The molecule has 0 radical (unpaired) electrons. The first-order valence-corrected chi connectivity index (χ1v) is 5.93. The molecule has 1 aliphatic rings. The number of halogens is 1. The number of amides is 1. The predicted octanol–water partition coefficient (Wildman–Crippen LogP) is 2.20.